The molecule has 0 saturated carbocycles. The number of carbonyl (C=O) groups is 1. The number of nitrogens with one attached hydrogen (secondary N) is 1. The monoisotopic (exact) mass is 284 g/mol. The predicted octanol–water partition coefficient (Wildman–Crippen LogP) is 1.48. The van der Waals surface area contributed by atoms with Crippen molar-refractivity contribution in [1.29, 1.82) is 0 Å². The zero-order valence-corrected chi connectivity index (χ0v) is 10.4. The second-order valence-electron chi connectivity index (χ2n) is 4.41. The van der Waals surface area contributed by atoms with E-state index in [1.165, 1.54) is 6.26 Å². The van der Waals surface area contributed by atoms with Crippen LogP contribution >= 0.6 is 15.9 Å². The Morgan fingerprint density at radius 2 is 2.50 bits per heavy atom. The molecule has 4 nitrogen and oxygen atoms in total. The molecule has 2 aliphatic heterocycles. The standard InChI is InChI=1S/C11H13BrN2O2/c12-8-2-4-16-10(8)11(15)14-3-1-9-7(6-14)5-13-9/h2,4,7,9,13H,1,3,5-6H2. The highest BCUT2D eigenvalue weighted by molar-refractivity contribution is 9.10. The summed E-state index contributed by atoms with van der Waals surface area (Å²) in [6.07, 6.45) is 2.59. The highest BCUT2D eigenvalue weighted by Gasteiger charge is 2.38. The zero-order chi connectivity index (χ0) is 11.1. The van der Waals surface area contributed by atoms with E-state index in [4.69, 9.17) is 4.42 Å². The quantitative estimate of drug-likeness (QED) is 0.850. The third-order valence-corrected chi connectivity index (χ3v) is 4.10. The van der Waals surface area contributed by atoms with Gasteiger partial charge in [0.15, 0.2) is 0 Å². The number of amides is 1. The summed E-state index contributed by atoms with van der Waals surface area (Å²) in [6, 6.07) is 2.38. The Bertz CT molecular complexity index is 418. The van der Waals surface area contributed by atoms with Crippen molar-refractivity contribution in [3.63, 3.8) is 0 Å². The van der Waals surface area contributed by atoms with Gasteiger partial charge in [0, 0.05) is 31.6 Å². The molecule has 0 aromatic carbocycles. The van der Waals surface area contributed by atoms with Crippen molar-refractivity contribution in [1.82, 2.24) is 10.2 Å². The van der Waals surface area contributed by atoms with Crippen LogP contribution in [0.2, 0.25) is 0 Å². The van der Waals surface area contributed by atoms with Crippen LogP contribution in [0, 0.1) is 5.92 Å². The van der Waals surface area contributed by atoms with E-state index < -0.39 is 0 Å². The minimum Gasteiger partial charge on any atom is -0.458 e. The number of halogens is 1. The Morgan fingerprint density at radius 3 is 3.06 bits per heavy atom. The maximum absolute atomic E-state index is 12.1. The molecule has 0 radical (unpaired) electrons. The van der Waals surface area contributed by atoms with E-state index in [2.05, 4.69) is 21.2 Å². The maximum Gasteiger partial charge on any atom is 0.290 e. The molecule has 1 amide bonds. The van der Waals surface area contributed by atoms with Crippen LogP contribution in [0.15, 0.2) is 21.2 Å². The normalized spacial score (nSPS) is 28.4. The van der Waals surface area contributed by atoms with Crippen molar-refractivity contribution in [2.75, 3.05) is 19.6 Å². The van der Waals surface area contributed by atoms with E-state index in [9.17, 15) is 4.79 Å². The van der Waals surface area contributed by atoms with Gasteiger partial charge in [-0.1, -0.05) is 0 Å². The Morgan fingerprint density at radius 1 is 1.62 bits per heavy atom. The molecule has 0 bridgehead atoms. The fraction of sp³-hybridized carbons (Fsp3) is 0.545. The molecule has 2 atom stereocenters. The van der Waals surface area contributed by atoms with Crippen molar-refractivity contribution in [3.05, 3.63) is 22.6 Å². The summed E-state index contributed by atoms with van der Waals surface area (Å²) in [7, 11) is 0. The zero-order valence-electron chi connectivity index (χ0n) is 8.78. The number of fused-ring (bicyclic) bond motifs is 1. The molecular formula is C11H13BrN2O2. The van der Waals surface area contributed by atoms with Gasteiger partial charge in [0.2, 0.25) is 5.76 Å². The van der Waals surface area contributed by atoms with Crippen LogP contribution in [0.25, 0.3) is 0 Å². The molecular weight excluding hydrogens is 272 g/mol. The van der Waals surface area contributed by atoms with E-state index >= 15 is 0 Å². The highest BCUT2D eigenvalue weighted by atomic mass is 79.9. The lowest BCUT2D eigenvalue weighted by Crippen LogP contribution is -2.62. The summed E-state index contributed by atoms with van der Waals surface area (Å²) in [5, 5.41) is 3.38. The van der Waals surface area contributed by atoms with Gasteiger partial charge >= 0.3 is 0 Å². The highest BCUT2D eigenvalue weighted by Crippen LogP contribution is 2.26. The van der Waals surface area contributed by atoms with Crippen molar-refractivity contribution in [2.45, 2.75) is 12.5 Å². The molecule has 0 aliphatic carbocycles. The van der Waals surface area contributed by atoms with Gasteiger partial charge in [0.05, 0.1) is 10.7 Å². The van der Waals surface area contributed by atoms with Crippen molar-refractivity contribution < 1.29 is 9.21 Å². The van der Waals surface area contributed by atoms with Gasteiger partial charge in [0.25, 0.3) is 5.91 Å². The lowest BCUT2D eigenvalue weighted by molar-refractivity contribution is 0.0480. The summed E-state index contributed by atoms with van der Waals surface area (Å²) >= 11 is 3.32. The predicted molar refractivity (Wildman–Crippen MR) is 62.2 cm³/mol. The van der Waals surface area contributed by atoms with Gasteiger partial charge in [-0.05, 0) is 28.4 Å². The van der Waals surface area contributed by atoms with Crippen molar-refractivity contribution in [2.24, 2.45) is 5.92 Å². The van der Waals surface area contributed by atoms with Gasteiger partial charge in [-0.15, -0.1) is 0 Å². The van der Waals surface area contributed by atoms with Gasteiger partial charge in [-0.25, -0.2) is 0 Å². The summed E-state index contributed by atoms with van der Waals surface area (Å²) in [5.41, 5.74) is 0. The second kappa shape index (κ2) is 3.89. The lowest BCUT2D eigenvalue weighted by Gasteiger charge is -2.46. The molecule has 16 heavy (non-hydrogen) atoms. The first-order chi connectivity index (χ1) is 7.75. The first-order valence-corrected chi connectivity index (χ1v) is 6.30. The first kappa shape index (κ1) is 10.4. The minimum absolute atomic E-state index is 0.00206. The minimum atomic E-state index is 0.00206. The van der Waals surface area contributed by atoms with Crippen LogP contribution in [-0.2, 0) is 0 Å². The number of carbonyl (C=O) groups excluding carboxylic acids is 1. The number of nitrogens with zero attached hydrogens (tertiary/aromatic N) is 1. The van der Waals surface area contributed by atoms with Crippen LogP contribution in [0.3, 0.4) is 0 Å². The fourth-order valence-corrected chi connectivity index (χ4v) is 2.80. The number of piperidine rings is 1. The molecule has 1 N–H and O–H groups in total. The Balaban J connectivity index is 1.73. The van der Waals surface area contributed by atoms with E-state index in [0.717, 1.165) is 30.5 Å². The topological polar surface area (TPSA) is 45.5 Å². The fourth-order valence-electron chi connectivity index (χ4n) is 2.42. The lowest BCUT2D eigenvalue weighted by atomic mass is 9.85. The van der Waals surface area contributed by atoms with Gasteiger partial charge in [-0.2, -0.15) is 0 Å². The molecule has 2 saturated heterocycles. The molecule has 1 aromatic rings. The second-order valence-corrected chi connectivity index (χ2v) is 5.27. The molecule has 3 heterocycles. The largest absolute Gasteiger partial charge is 0.458 e. The SMILES string of the molecule is O=C(c1occc1Br)N1CCC2NCC2C1. The van der Waals surface area contributed by atoms with E-state index in [-0.39, 0.29) is 5.91 Å². The van der Waals surface area contributed by atoms with Crippen molar-refractivity contribution >= 4 is 21.8 Å². The number of hydrogen-bond donors (Lipinski definition) is 1. The molecule has 2 aliphatic rings. The summed E-state index contributed by atoms with van der Waals surface area (Å²) in [4.78, 5) is 14.0. The third kappa shape index (κ3) is 1.58. The molecule has 3 rings (SSSR count). The summed E-state index contributed by atoms with van der Waals surface area (Å²) in [6.45, 7) is 2.71. The number of furan rings is 1. The summed E-state index contributed by atoms with van der Waals surface area (Å²) < 4.78 is 5.95. The van der Waals surface area contributed by atoms with Crippen LogP contribution < -0.4 is 5.32 Å². The Kier molecular flexibility index (Phi) is 2.52. The molecule has 86 valence electrons. The van der Waals surface area contributed by atoms with Gasteiger partial charge in [0.1, 0.15) is 0 Å². The summed E-state index contributed by atoms with van der Waals surface area (Å²) in [5.74, 6) is 1.05. The van der Waals surface area contributed by atoms with E-state index in [1.54, 1.807) is 6.07 Å². The van der Waals surface area contributed by atoms with Crippen LogP contribution in [-0.4, -0.2) is 36.5 Å². The van der Waals surface area contributed by atoms with Gasteiger partial charge < -0.3 is 14.6 Å². The van der Waals surface area contributed by atoms with Crippen LogP contribution in [0.5, 0.6) is 0 Å². The van der Waals surface area contributed by atoms with E-state index in [1.807, 2.05) is 4.90 Å². The molecule has 2 unspecified atom stereocenters. The average molecular weight is 285 g/mol. The third-order valence-electron chi connectivity index (χ3n) is 3.47. The molecule has 5 heteroatoms. The Hall–Kier alpha value is -0.810. The number of likely N-dealkylation sites (tertiary alicyclic amines) is 1. The molecule has 1 aromatic heterocycles. The van der Waals surface area contributed by atoms with Crippen molar-refractivity contribution in [3.8, 4) is 0 Å². The average Bonchev–Trinajstić information content (AvgIpc) is 2.65. The number of rotatable bonds is 1. The molecule has 0 spiro atoms. The smallest absolute Gasteiger partial charge is 0.290 e. The van der Waals surface area contributed by atoms with Gasteiger partial charge in [-0.3, -0.25) is 4.79 Å². The maximum atomic E-state index is 12.1. The Labute approximate surface area is 102 Å². The van der Waals surface area contributed by atoms with Crippen LogP contribution in [0.1, 0.15) is 17.0 Å². The van der Waals surface area contributed by atoms with Crippen LogP contribution in [0.4, 0.5) is 0 Å². The molecule has 2 fully saturated rings. The van der Waals surface area contributed by atoms with E-state index in [0.29, 0.717) is 17.7 Å². The first-order valence-electron chi connectivity index (χ1n) is 5.51. The number of hydrogen-bond acceptors (Lipinski definition) is 3.